The zero-order valence-corrected chi connectivity index (χ0v) is 59.9. The third-order valence-electron chi connectivity index (χ3n) is 17.6. The number of pyridine rings is 8. The van der Waals surface area contributed by atoms with Gasteiger partial charge < -0.3 is 36.2 Å². The molecule has 24 nitrogen and oxygen atoms in total. The molecule has 11 aromatic rings. The van der Waals surface area contributed by atoms with Gasteiger partial charge in [0, 0.05) is 187 Å². The van der Waals surface area contributed by atoms with Crippen molar-refractivity contribution < 1.29 is 43.3 Å². The summed E-state index contributed by atoms with van der Waals surface area (Å²) in [4.78, 5) is 116. The summed E-state index contributed by atoms with van der Waals surface area (Å²) in [5.41, 5.74) is 9.60. The van der Waals surface area contributed by atoms with Gasteiger partial charge in [-0.1, -0.05) is 78.9 Å². The van der Waals surface area contributed by atoms with E-state index in [0.29, 0.717) is 85.7 Å². The lowest BCUT2D eigenvalue weighted by Gasteiger charge is -2.26. The number of nitrogens with one attached hydrogen (secondary N) is 4. The molecule has 8 heterocycles. The summed E-state index contributed by atoms with van der Waals surface area (Å²) in [6.45, 7) is 2.23. The number of rotatable bonds is 38. The number of halogens is 1. The van der Waals surface area contributed by atoms with E-state index in [2.05, 4.69) is 80.7 Å². The highest BCUT2D eigenvalue weighted by Crippen LogP contribution is 2.33. The molecule has 0 spiro atoms. The van der Waals surface area contributed by atoms with E-state index in [4.69, 9.17) is 4.74 Å². The van der Waals surface area contributed by atoms with E-state index in [1.165, 1.54) is 31.4 Å². The van der Waals surface area contributed by atoms with Crippen molar-refractivity contribution in [3.8, 4) is 11.5 Å². The van der Waals surface area contributed by atoms with Gasteiger partial charge in [-0.2, -0.15) is 0 Å². The predicted octanol–water partition coefficient (Wildman–Crippen LogP) is 9.72. The van der Waals surface area contributed by atoms with Crippen LogP contribution in [0.2, 0.25) is 0 Å². The SMILES string of the molecule is COC(=O)[C@H](Cc1cc(CN(Cc2ccccn2)Cc2ccccn2)c(O)c(CN(Cc2ccccn2)Cc2ccccn2)c1)NC(=O)CCNC(=O)[C@H](Cc1cc(CN(Cc2ccccn2)Cc2ccccn2)c(O)c(CN(Cc2ccccn2)Cc2ccccn2)c1)NC(=O)c1cccc(NC(=O)CF)c1. The number of methoxy groups -OCH3 is 1. The minimum absolute atomic E-state index is 0.00252. The van der Waals surface area contributed by atoms with Crippen LogP contribution >= 0.6 is 0 Å². The molecule has 552 valence electrons. The second-order valence-corrected chi connectivity index (χ2v) is 26.1. The molecule has 25 heteroatoms. The lowest BCUT2D eigenvalue weighted by atomic mass is 9.97. The number of nitrogens with zero attached hydrogens (tertiary/aromatic N) is 12. The van der Waals surface area contributed by atoms with Gasteiger partial charge in [-0.25, -0.2) is 9.18 Å². The number of anilines is 1. The fourth-order valence-corrected chi connectivity index (χ4v) is 12.7. The molecule has 0 aliphatic rings. The van der Waals surface area contributed by atoms with Crippen LogP contribution in [0.15, 0.2) is 244 Å². The molecular weight excluding hydrogens is 1370 g/mol. The van der Waals surface area contributed by atoms with E-state index in [1.807, 2.05) is 158 Å². The molecule has 0 unspecified atom stereocenters. The Morgan fingerprint density at radius 2 is 0.722 bits per heavy atom. The third-order valence-corrected chi connectivity index (χ3v) is 17.6. The van der Waals surface area contributed by atoms with Crippen molar-refractivity contribution in [2.24, 2.45) is 0 Å². The maximum Gasteiger partial charge on any atom is 0.328 e. The van der Waals surface area contributed by atoms with Gasteiger partial charge in [0.1, 0.15) is 23.6 Å². The van der Waals surface area contributed by atoms with Crippen LogP contribution in [0.25, 0.3) is 0 Å². The van der Waals surface area contributed by atoms with E-state index in [9.17, 15) is 33.8 Å². The van der Waals surface area contributed by atoms with Gasteiger partial charge in [-0.3, -0.25) is 78.6 Å². The Morgan fingerprint density at radius 1 is 0.398 bits per heavy atom. The van der Waals surface area contributed by atoms with Crippen LogP contribution in [0.5, 0.6) is 11.5 Å². The molecule has 8 aromatic heterocycles. The van der Waals surface area contributed by atoms with Crippen LogP contribution in [0.3, 0.4) is 0 Å². The van der Waals surface area contributed by atoms with Gasteiger partial charge in [0.15, 0.2) is 6.67 Å². The van der Waals surface area contributed by atoms with Crippen molar-refractivity contribution in [2.75, 3.05) is 25.6 Å². The van der Waals surface area contributed by atoms with Crippen molar-refractivity contribution >= 4 is 35.3 Å². The average molecular weight is 1450 g/mol. The van der Waals surface area contributed by atoms with Gasteiger partial charge in [0.25, 0.3) is 11.8 Å². The lowest BCUT2D eigenvalue weighted by molar-refractivity contribution is -0.145. The van der Waals surface area contributed by atoms with Crippen LogP contribution in [-0.4, -0.2) is 132 Å². The summed E-state index contributed by atoms with van der Waals surface area (Å²) in [6.07, 6.45) is 13.2. The van der Waals surface area contributed by atoms with Crippen LogP contribution in [0.1, 0.15) is 95.7 Å². The zero-order chi connectivity index (χ0) is 75.2. The van der Waals surface area contributed by atoms with E-state index in [0.717, 1.165) is 45.6 Å². The first-order valence-corrected chi connectivity index (χ1v) is 35.4. The highest BCUT2D eigenvalue weighted by molar-refractivity contribution is 5.99. The highest BCUT2D eigenvalue weighted by Gasteiger charge is 2.29. The smallest absolute Gasteiger partial charge is 0.328 e. The molecule has 0 aliphatic carbocycles. The Hall–Kier alpha value is -12.4. The van der Waals surface area contributed by atoms with Crippen LogP contribution in [0, 0.1) is 0 Å². The van der Waals surface area contributed by atoms with Crippen LogP contribution in [0.4, 0.5) is 10.1 Å². The van der Waals surface area contributed by atoms with Crippen molar-refractivity contribution in [3.63, 3.8) is 0 Å². The number of aromatic nitrogens is 8. The standard InChI is InChI=1S/C83H85FN16O8/c1-108-83(107)76(44-60-41-64(49-99(55-71-24-6-14-34-89-71)56-72-25-7-15-35-90-72)80(104)65(42-60)50-100(57-73-26-8-16-36-91-73)58-74-27-9-17-37-92-74)95-77(101)29-38-93-82(106)75(96-81(105)61-19-18-28-66(45-61)94-78(102)46-84)43-59-39-62(47-97(51-67-20-2-10-30-85-67)52-68-21-3-11-31-86-68)79(103)63(40-59)48-98(53-69-22-4-12-32-87-69)54-70-23-5-13-33-88-70/h2-28,30-37,39-42,45,75-76,103-104H,29,38,43-44,46-58H2,1H3,(H,93,106)(H,94,102)(H,95,101)(H,96,105)/t75-,76-/m0/s1. The normalized spacial score (nSPS) is 11.8. The maximum atomic E-state index is 15.1. The number of ether oxygens (including phenoxy) is 1. The fraction of sp³-hybridized carbons (Fsp3) is 0.241. The lowest BCUT2D eigenvalue weighted by Crippen LogP contribution is -2.49. The molecule has 3 aromatic carbocycles. The highest BCUT2D eigenvalue weighted by atomic mass is 19.1. The summed E-state index contributed by atoms with van der Waals surface area (Å²) >= 11 is 0. The Morgan fingerprint density at radius 3 is 1.02 bits per heavy atom. The number of alkyl halides is 1. The van der Waals surface area contributed by atoms with Gasteiger partial charge in [-0.15, -0.1) is 0 Å². The molecule has 108 heavy (non-hydrogen) atoms. The Bertz CT molecular complexity index is 4310. The first-order chi connectivity index (χ1) is 52.7. The number of esters is 1. The van der Waals surface area contributed by atoms with E-state index < -0.39 is 48.4 Å². The maximum absolute atomic E-state index is 15.1. The quantitative estimate of drug-likeness (QED) is 0.0196. The summed E-state index contributed by atoms with van der Waals surface area (Å²) in [7, 11) is 1.22. The number of phenolic OH excluding ortho intramolecular Hbond substituents is 2. The minimum Gasteiger partial charge on any atom is -0.507 e. The molecule has 0 fully saturated rings. The van der Waals surface area contributed by atoms with Crippen molar-refractivity contribution in [1.82, 2.24) is 75.4 Å². The largest absolute Gasteiger partial charge is 0.507 e. The first kappa shape index (κ1) is 76.7. The molecule has 0 bridgehead atoms. The molecule has 0 radical (unpaired) electrons. The summed E-state index contributed by atoms with van der Waals surface area (Å²) in [5.74, 6) is -3.68. The van der Waals surface area contributed by atoms with Crippen LogP contribution < -0.4 is 21.3 Å². The second kappa shape index (κ2) is 39.6. The van der Waals surface area contributed by atoms with E-state index >= 15 is 4.79 Å². The number of benzene rings is 3. The second-order valence-electron chi connectivity index (χ2n) is 26.1. The summed E-state index contributed by atoms with van der Waals surface area (Å²) in [6, 6.07) is 55.8. The third kappa shape index (κ3) is 23.8. The van der Waals surface area contributed by atoms with E-state index in [1.54, 1.807) is 61.7 Å². The number of carbonyl (C=O) groups excluding carboxylic acids is 5. The number of carbonyl (C=O) groups is 5. The first-order valence-electron chi connectivity index (χ1n) is 35.4. The molecule has 6 N–H and O–H groups in total. The Balaban J connectivity index is 0.885. The number of amides is 4. The number of phenols is 2. The van der Waals surface area contributed by atoms with Crippen LogP contribution in [-0.2, 0) is 115 Å². The molecule has 0 saturated carbocycles. The van der Waals surface area contributed by atoms with Crippen molar-refractivity contribution in [1.29, 1.82) is 0 Å². The van der Waals surface area contributed by atoms with Gasteiger partial charge in [-0.05, 0) is 126 Å². The summed E-state index contributed by atoms with van der Waals surface area (Å²) in [5, 5.41) is 36.2. The number of hydrogen-bond donors (Lipinski definition) is 6. The monoisotopic (exact) mass is 1450 g/mol. The molecule has 4 amide bonds. The predicted molar refractivity (Wildman–Crippen MR) is 403 cm³/mol. The topological polar surface area (TPSA) is 299 Å². The molecule has 11 rings (SSSR count). The molecule has 0 aliphatic heterocycles. The fourth-order valence-electron chi connectivity index (χ4n) is 12.7. The molecule has 2 atom stereocenters. The molecule has 0 saturated heterocycles. The van der Waals surface area contributed by atoms with Crippen molar-refractivity contribution in [3.05, 3.63) is 328 Å². The minimum atomic E-state index is -1.36. The zero-order valence-electron chi connectivity index (χ0n) is 59.9. The van der Waals surface area contributed by atoms with Gasteiger partial charge >= 0.3 is 5.97 Å². The Labute approximate surface area is 626 Å². The summed E-state index contributed by atoms with van der Waals surface area (Å²) < 4.78 is 18.8. The van der Waals surface area contributed by atoms with Gasteiger partial charge in [0.05, 0.1) is 52.7 Å². The number of aromatic hydroxyl groups is 2. The van der Waals surface area contributed by atoms with Gasteiger partial charge in [0.2, 0.25) is 11.8 Å². The Kier molecular flexibility index (Phi) is 28.1. The van der Waals surface area contributed by atoms with E-state index in [-0.39, 0.29) is 74.7 Å². The average Bonchev–Trinajstić information content (AvgIpc) is 0.811. The number of hydrogen-bond acceptors (Lipinski definition) is 20. The molecular formula is C83H85FN16O8. The van der Waals surface area contributed by atoms with Crippen molar-refractivity contribution in [2.45, 2.75) is 110 Å².